The number of carbonyl (C=O) groups is 4. The van der Waals surface area contributed by atoms with Gasteiger partial charge in [-0.1, -0.05) is 12.1 Å². The predicted molar refractivity (Wildman–Crippen MR) is 102 cm³/mol. The average Bonchev–Trinajstić information content (AvgIpc) is 2.95. The molecular formula is C20H19N5O4. The normalized spacial score (nSPS) is 18.8. The molecule has 1 aromatic heterocycles. The molecule has 1 fully saturated rings. The molecule has 0 aliphatic carbocycles. The van der Waals surface area contributed by atoms with E-state index in [1.54, 1.807) is 36.5 Å². The highest BCUT2D eigenvalue weighted by molar-refractivity contribution is 6.24. The van der Waals surface area contributed by atoms with Crippen molar-refractivity contribution >= 4 is 29.3 Å². The maximum Gasteiger partial charge on any atom is 0.262 e. The number of anilines is 1. The summed E-state index contributed by atoms with van der Waals surface area (Å²) in [5.41, 5.74) is 8.21. The number of carbonyl (C=O) groups excluding carboxylic acids is 4. The standard InChI is InChI=1S/C20H19N5O4/c21-12-4-5-13(23-9-12)10-22-8-11-2-1-3-14-17(11)20(29)25(19(14)28)15-6-7-16(26)24-18(15)27/h1-5,9,15,22H,6-8,10,21H2,(H,24,26,27). The summed E-state index contributed by atoms with van der Waals surface area (Å²) in [4.78, 5) is 54.5. The Bertz CT molecular complexity index is 1020. The van der Waals surface area contributed by atoms with Gasteiger partial charge in [0.1, 0.15) is 6.04 Å². The van der Waals surface area contributed by atoms with Crippen molar-refractivity contribution in [1.29, 1.82) is 0 Å². The van der Waals surface area contributed by atoms with Crippen LogP contribution in [-0.2, 0) is 22.7 Å². The highest BCUT2D eigenvalue weighted by Gasteiger charge is 2.45. The Morgan fingerprint density at radius 1 is 1.10 bits per heavy atom. The summed E-state index contributed by atoms with van der Waals surface area (Å²) < 4.78 is 0. The zero-order valence-corrected chi connectivity index (χ0v) is 15.5. The number of pyridine rings is 1. The first kappa shape index (κ1) is 18.8. The van der Waals surface area contributed by atoms with E-state index >= 15 is 0 Å². The van der Waals surface area contributed by atoms with E-state index in [4.69, 9.17) is 5.73 Å². The summed E-state index contributed by atoms with van der Waals surface area (Å²) in [5.74, 6) is -2.04. The summed E-state index contributed by atoms with van der Waals surface area (Å²) in [6.45, 7) is 0.806. The minimum absolute atomic E-state index is 0.0901. The number of benzene rings is 1. The largest absolute Gasteiger partial charge is 0.397 e. The summed E-state index contributed by atoms with van der Waals surface area (Å²) in [6.07, 6.45) is 1.79. The van der Waals surface area contributed by atoms with Gasteiger partial charge in [0, 0.05) is 19.5 Å². The molecule has 1 unspecified atom stereocenters. The van der Waals surface area contributed by atoms with Crippen LogP contribution < -0.4 is 16.4 Å². The quantitative estimate of drug-likeness (QED) is 0.624. The van der Waals surface area contributed by atoms with Crippen LogP contribution in [0.5, 0.6) is 0 Å². The smallest absolute Gasteiger partial charge is 0.262 e. The summed E-state index contributed by atoms with van der Waals surface area (Å²) in [7, 11) is 0. The Kier molecular flexibility index (Phi) is 4.81. The Morgan fingerprint density at radius 2 is 1.93 bits per heavy atom. The highest BCUT2D eigenvalue weighted by Crippen LogP contribution is 2.29. The van der Waals surface area contributed by atoms with Gasteiger partial charge in [-0.25, -0.2) is 0 Å². The molecule has 0 spiro atoms. The minimum atomic E-state index is -0.972. The van der Waals surface area contributed by atoms with E-state index in [0.717, 1.165) is 10.6 Å². The third-order valence-corrected chi connectivity index (χ3v) is 5.02. The van der Waals surface area contributed by atoms with Gasteiger partial charge in [-0.05, 0) is 30.2 Å². The molecule has 9 heteroatoms. The van der Waals surface area contributed by atoms with Gasteiger partial charge in [-0.15, -0.1) is 0 Å². The maximum atomic E-state index is 13.0. The van der Waals surface area contributed by atoms with E-state index in [9.17, 15) is 19.2 Å². The molecule has 1 atom stereocenters. The van der Waals surface area contributed by atoms with Crippen LogP contribution in [0.3, 0.4) is 0 Å². The van der Waals surface area contributed by atoms with E-state index in [2.05, 4.69) is 15.6 Å². The molecule has 4 amide bonds. The molecule has 148 valence electrons. The third kappa shape index (κ3) is 3.47. The van der Waals surface area contributed by atoms with Crippen LogP contribution in [0.15, 0.2) is 36.5 Å². The van der Waals surface area contributed by atoms with Gasteiger partial charge >= 0.3 is 0 Å². The molecule has 4 N–H and O–H groups in total. The molecule has 1 saturated heterocycles. The van der Waals surface area contributed by atoms with Gasteiger partial charge in [0.2, 0.25) is 11.8 Å². The molecule has 0 bridgehead atoms. The number of fused-ring (bicyclic) bond motifs is 1. The minimum Gasteiger partial charge on any atom is -0.397 e. The van der Waals surface area contributed by atoms with E-state index in [-0.39, 0.29) is 18.4 Å². The van der Waals surface area contributed by atoms with Gasteiger partial charge in [-0.2, -0.15) is 0 Å². The third-order valence-electron chi connectivity index (χ3n) is 5.02. The topological polar surface area (TPSA) is 134 Å². The van der Waals surface area contributed by atoms with Crippen LogP contribution in [0.2, 0.25) is 0 Å². The van der Waals surface area contributed by atoms with E-state index in [1.807, 2.05) is 0 Å². The van der Waals surface area contributed by atoms with Crippen molar-refractivity contribution in [3.05, 3.63) is 58.9 Å². The molecule has 4 rings (SSSR count). The lowest BCUT2D eigenvalue weighted by Gasteiger charge is -2.27. The fourth-order valence-electron chi connectivity index (χ4n) is 3.60. The van der Waals surface area contributed by atoms with Crippen molar-refractivity contribution in [3.8, 4) is 0 Å². The zero-order valence-electron chi connectivity index (χ0n) is 15.5. The maximum absolute atomic E-state index is 13.0. The second-order valence-corrected chi connectivity index (χ2v) is 6.97. The van der Waals surface area contributed by atoms with Crippen molar-refractivity contribution in [2.75, 3.05) is 5.73 Å². The molecular weight excluding hydrogens is 374 g/mol. The van der Waals surface area contributed by atoms with Crippen molar-refractivity contribution in [3.63, 3.8) is 0 Å². The van der Waals surface area contributed by atoms with E-state index < -0.39 is 29.7 Å². The summed E-state index contributed by atoms with van der Waals surface area (Å²) in [5, 5.41) is 5.40. The lowest BCUT2D eigenvalue weighted by Crippen LogP contribution is -2.54. The lowest BCUT2D eigenvalue weighted by molar-refractivity contribution is -0.136. The molecule has 9 nitrogen and oxygen atoms in total. The van der Waals surface area contributed by atoms with Crippen LogP contribution in [0.4, 0.5) is 5.69 Å². The zero-order chi connectivity index (χ0) is 20.5. The molecule has 29 heavy (non-hydrogen) atoms. The number of nitrogen functional groups attached to an aromatic ring is 1. The Labute approximate surface area is 166 Å². The van der Waals surface area contributed by atoms with Crippen molar-refractivity contribution in [2.45, 2.75) is 32.0 Å². The van der Waals surface area contributed by atoms with E-state index in [1.165, 1.54) is 0 Å². The number of rotatable bonds is 5. The Morgan fingerprint density at radius 3 is 2.66 bits per heavy atom. The molecule has 2 aliphatic heterocycles. The first-order chi connectivity index (χ1) is 14.0. The molecule has 2 aromatic rings. The van der Waals surface area contributed by atoms with Gasteiger partial charge < -0.3 is 11.1 Å². The van der Waals surface area contributed by atoms with Gasteiger partial charge in [0.05, 0.1) is 28.7 Å². The van der Waals surface area contributed by atoms with Crippen LogP contribution in [0.25, 0.3) is 0 Å². The SMILES string of the molecule is Nc1ccc(CNCc2cccc3c2C(=O)N(C2CCC(=O)NC2=O)C3=O)nc1. The number of amides is 4. The van der Waals surface area contributed by atoms with Crippen molar-refractivity contribution in [1.82, 2.24) is 20.5 Å². The predicted octanol–water partition coefficient (Wildman–Crippen LogP) is 0.355. The highest BCUT2D eigenvalue weighted by atomic mass is 16.2. The second-order valence-electron chi connectivity index (χ2n) is 6.97. The van der Waals surface area contributed by atoms with Gasteiger partial charge in [0.25, 0.3) is 11.8 Å². The number of hydrogen-bond donors (Lipinski definition) is 3. The number of imide groups is 2. The summed E-state index contributed by atoms with van der Waals surface area (Å²) >= 11 is 0. The molecule has 3 heterocycles. The average molecular weight is 393 g/mol. The van der Waals surface area contributed by atoms with Crippen LogP contribution >= 0.6 is 0 Å². The fraction of sp³-hybridized carbons (Fsp3) is 0.250. The van der Waals surface area contributed by atoms with Crippen LogP contribution in [0, 0.1) is 0 Å². The monoisotopic (exact) mass is 393 g/mol. The number of nitrogens with two attached hydrogens (primary N) is 1. The molecule has 2 aliphatic rings. The first-order valence-electron chi connectivity index (χ1n) is 9.20. The van der Waals surface area contributed by atoms with Crippen molar-refractivity contribution < 1.29 is 19.2 Å². The number of piperidine rings is 1. The molecule has 0 saturated carbocycles. The van der Waals surface area contributed by atoms with Crippen LogP contribution in [-0.4, -0.2) is 39.6 Å². The number of aromatic nitrogens is 1. The van der Waals surface area contributed by atoms with Crippen LogP contribution in [0.1, 0.15) is 44.8 Å². The second kappa shape index (κ2) is 7.44. The first-order valence-corrected chi connectivity index (χ1v) is 9.20. The van der Waals surface area contributed by atoms with Gasteiger partial charge in [0.15, 0.2) is 0 Å². The molecule has 1 aromatic carbocycles. The van der Waals surface area contributed by atoms with Gasteiger partial charge in [-0.3, -0.25) is 34.4 Å². The fourth-order valence-corrected chi connectivity index (χ4v) is 3.60. The number of nitrogens with one attached hydrogen (secondary N) is 2. The van der Waals surface area contributed by atoms with E-state index in [0.29, 0.717) is 29.9 Å². The molecule has 0 radical (unpaired) electrons. The Hall–Kier alpha value is -3.59. The van der Waals surface area contributed by atoms with Crippen molar-refractivity contribution in [2.24, 2.45) is 0 Å². The number of nitrogens with zero attached hydrogens (tertiary/aromatic N) is 2. The summed E-state index contributed by atoms with van der Waals surface area (Å²) in [6, 6.07) is 7.63. The lowest BCUT2D eigenvalue weighted by atomic mass is 10.0. The number of hydrogen-bond acceptors (Lipinski definition) is 7. The Balaban J connectivity index is 1.52.